The zero-order valence-corrected chi connectivity index (χ0v) is 15.5. The average Bonchev–Trinajstić information content (AvgIpc) is 2.92. The highest BCUT2D eigenvalue weighted by Crippen LogP contribution is 2.33. The molecule has 1 amide bonds. The van der Waals surface area contributed by atoms with Gasteiger partial charge in [0.25, 0.3) is 5.91 Å². The first kappa shape index (κ1) is 20.0. The normalized spacial score (nSPS) is 10.2. The summed E-state index contributed by atoms with van der Waals surface area (Å²) in [5, 5.41) is 14.0. The lowest BCUT2D eigenvalue weighted by Gasteiger charge is -2.08. The van der Waals surface area contributed by atoms with Crippen LogP contribution in [0.1, 0.15) is 31.2 Å². The van der Waals surface area contributed by atoms with Crippen molar-refractivity contribution >= 4 is 40.2 Å². The number of nitrogens with zero attached hydrogens (tertiary/aromatic N) is 1. The summed E-state index contributed by atoms with van der Waals surface area (Å²) in [5.74, 6) is -1.32. The Labute approximate surface area is 158 Å². The minimum atomic E-state index is -0.707. The number of aldehydes is 1. The summed E-state index contributed by atoms with van der Waals surface area (Å²) in [6, 6.07) is 3.64. The van der Waals surface area contributed by atoms with Crippen molar-refractivity contribution in [2.24, 2.45) is 0 Å². The van der Waals surface area contributed by atoms with Crippen molar-refractivity contribution in [1.29, 1.82) is 0 Å². The third-order valence-electron chi connectivity index (χ3n) is 3.70. The summed E-state index contributed by atoms with van der Waals surface area (Å²) in [6.07, 6.45) is 0.472. The fourth-order valence-electron chi connectivity index (χ4n) is 2.24. The number of nitrogens with one attached hydrogen (secondary N) is 1. The van der Waals surface area contributed by atoms with E-state index in [0.717, 1.165) is 10.9 Å². The molecule has 9 nitrogen and oxygen atoms in total. The molecular weight excluding hydrogens is 376 g/mol. The molecule has 0 aliphatic carbocycles. The van der Waals surface area contributed by atoms with E-state index in [4.69, 9.17) is 9.47 Å². The van der Waals surface area contributed by atoms with E-state index in [-0.39, 0.29) is 16.9 Å². The summed E-state index contributed by atoms with van der Waals surface area (Å²) >= 11 is 1.21. The van der Waals surface area contributed by atoms with Crippen LogP contribution in [-0.4, -0.2) is 36.8 Å². The van der Waals surface area contributed by atoms with E-state index in [2.05, 4.69) is 5.32 Å². The van der Waals surface area contributed by atoms with E-state index in [1.54, 1.807) is 13.8 Å². The van der Waals surface area contributed by atoms with Crippen molar-refractivity contribution in [2.45, 2.75) is 13.8 Å². The van der Waals surface area contributed by atoms with Crippen molar-refractivity contribution in [3.05, 3.63) is 49.9 Å². The van der Waals surface area contributed by atoms with E-state index in [0.29, 0.717) is 16.9 Å². The number of carbonyl (C=O) groups is 3. The van der Waals surface area contributed by atoms with Crippen molar-refractivity contribution in [3.8, 4) is 5.75 Å². The number of hydrogen-bond acceptors (Lipinski definition) is 8. The molecule has 27 heavy (non-hydrogen) atoms. The predicted molar refractivity (Wildman–Crippen MR) is 97.7 cm³/mol. The van der Waals surface area contributed by atoms with Gasteiger partial charge < -0.3 is 14.8 Å². The summed E-state index contributed by atoms with van der Waals surface area (Å²) in [5.41, 5.74) is 0.647. The van der Waals surface area contributed by atoms with E-state index in [1.165, 1.54) is 30.6 Å². The lowest BCUT2D eigenvalue weighted by molar-refractivity contribution is -0.385. The van der Waals surface area contributed by atoms with Gasteiger partial charge in [-0.05, 0) is 31.5 Å². The van der Waals surface area contributed by atoms with Crippen LogP contribution in [0.5, 0.6) is 5.75 Å². The number of anilines is 1. The van der Waals surface area contributed by atoms with Crippen LogP contribution >= 0.6 is 11.3 Å². The number of nitro benzene ring substituents is 1. The number of benzene rings is 1. The Morgan fingerprint density at radius 2 is 2.04 bits per heavy atom. The molecule has 0 bridgehead atoms. The van der Waals surface area contributed by atoms with Gasteiger partial charge in [0.05, 0.1) is 17.6 Å². The second-order valence-electron chi connectivity index (χ2n) is 5.42. The van der Waals surface area contributed by atoms with Crippen molar-refractivity contribution < 1.29 is 28.8 Å². The van der Waals surface area contributed by atoms with Crippen LogP contribution < -0.4 is 10.1 Å². The molecule has 0 spiro atoms. The quantitative estimate of drug-likeness (QED) is 0.332. The van der Waals surface area contributed by atoms with Gasteiger partial charge >= 0.3 is 11.7 Å². The predicted octanol–water partition coefficient (Wildman–Crippen LogP) is 2.89. The molecule has 0 aliphatic heterocycles. The van der Waals surface area contributed by atoms with Crippen LogP contribution in [0.4, 0.5) is 10.7 Å². The first-order valence-electron chi connectivity index (χ1n) is 7.63. The van der Waals surface area contributed by atoms with Gasteiger partial charge in [0.15, 0.2) is 12.4 Å². The van der Waals surface area contributed by atoms with Gasteiger partial charge in [0.2, 0.25) is 0 Å². The Balaban J connectivity index is 2.14. The molecule has 0 atom stereocenters. The second-order valence-corrected chi connectivity index (χ2v) is 6.64. The van der Waals surface area contributed by atoms with Gasteiger partial charge in [-0.25, -0.2) is 4.79 Å². The first-order chi connectivity index (χ1) is 12.8. The molecule has 1 aromatic heterocycles. The number of methoxy groups -OCH3 is 1. The average molecular weight is 392 g/mol. The summed E-state index contributed by atoms with van der Waals surface area (Å²) in [7, 11) is 1.24. The lowest BCUT2D eigenvalue weighted by atomic mass is 10.1. The zero-order chi connectivity index (χ0) is 20.1. The maximum Gasteiger partial charge on any atom is 0.341 e. The molecule has 142 valence electrons. The number of ether oxygens (including phenoxy) is 2. The number of amides is 1. The number of rotatable bonds is 7. The van der Waals surface area contributed by atoms with Gasteiger partial charge in [-0.15, -0.1) is 11.3 Å². The zero-order valence-electron chi connectivity index (χ0n) is 14.7. The largest absolute Gasteiger partial charge is 0.477 e. The Kier molecular flexibility index (Phi) is 6.24. The van der Waals surface area contributed by atoms with E-state index in [9.17, 15) is 24.5 Å². The highest BCUT2D eigenvalue weighted by molar-refractivity contribution is 7.16. The maximum absolute atomic E-state index is 12.2. The monoisotopic (exact) mass is 392 g/mol. The van der Waals surface area contributed by atoms with Crippen LogP contribution in [0, 0.1) is 24.0 Å². The lowest BCUT2D eigenvalue weighted by Crippen LogP contribution is -2.21. The molecule has 0 aliphatic rings. The Hall–Kier alpha value is -3.27. The minimum Gasteiger partial charge on any atom is -0.477 e. The Bertz CT molecular complexity index is 920. The molecular formula is C17H16N2O7S. The molecule has 10 heteroatoms. The molecule has 1 heterocycles. The van der Waals surface area contributed by atoms with Gasteiger partial charge in [-0.3, -0.25) is 19.7 Å². The van der Waals surface area contributed by atoms with E-state index >= 15 is 0 Å². The van der Waals surface area contributed by atoms with Gasteiger partial charge in [-0.1, -0.05) is 0 Å². The van der Waals surface area contributed by atoms with Crippen LogP contribution in [0.15, 0.2) is 18.2 Å². The fourth-order valence-corrected chi connectivity index (χ4v) is 3.31. The highest BCUT2D eigenvalue weighted by atomic mass is 32.1. The number of thiophene rings is 1. The van der Waals surface area contributed by atoms with Gasteiger partial charge in [0.1, 0.15) is 11.3 Å². The summed E-state index contributed by atoms with van der Waals surface area (Å²) < 4.78 is 9.94. The number of nitro groups is 1. The Morgan fingerprint density at radius 1 is 1.33 bits per heavy atom. The molecule has 0 unspecified atom stereocenters. The molecule has 1 aromatic carbocycles. The molecule has 0 fully saturated rings. The molecule has 0 saturated heterocycles. The third kappa shape index (κ3) is 4.47. The smallest absolute Gasteiger partial charge is 0.341 e. The van der Waals surface area contributed by atoms with Crippen molar-refractivity contribution in [2.75, 3.05) is 19.0 Å². The van der Waals surface area contributed by atoms with E-state index < -0.39 is 29.1 Å². The molecule has 2 aromatic rings. The fraction of sp³-hybridized carbons (Fsp3) is 0.235. The van der Waals surface area contributed by atoms with Crippen molar-refractivity contribution in [3.63, 3.8) is 0 Å². The van der Waals surface area contributed by atoms with Crippen LogP contribution in [0.3, 0.4) is 0 Å². The topological polar surface area (TPSA) is 125 Å². The van der Waals surface area contributed by atoms with Crippen molar-refractivity contribution in [1.82, 2.24) is 0 Å². The SMILES string of the molecule is COC(=O)c1c(NC(=O)COc2ccc(C=O)cc2[N+](=O)[O-])sc(C)c1C. The Morgan fingerprint density at radius 3 is 2.63 bits per heavy atom. The molecule has 2 rings (SSSR count). The van der Waals surface area contributed by atoms with Crippen LogP contribution in [0.2, 0.25) is 0 Å². The van der Waals surface area contributed by atoms with Gasteiger partial charge in [-0.2, -0.15) is 0 Å². The summed E-state index contributed by atoms with van der Waals surface area (Å²) in [6.45, 7) is 3.02. The molecule has 1 N–H and O–H groups in total. The number of aryl methyl sites for hydroxylation is 1. The van der Waals surface area contributed by atoms with Crippen LogP contribution in [0.25, 0.3) is 0 Å². The highest BCUT2D eigenvalue weighted by Gasteiger charge is 2.22. The minimum absolute atomic E-state index is 0.116. The molecule has 0 radical (unpaired) electrons. The number of carbonyl (C=O) groups excluding carboxylic acids is 3. The number of esters is 1. The van der Waals surface area contributed by atoms with E-state index in [1.807, 2.05) is 0 Å². The maximum atomic E-state index is 12.2. The molecule has 0 saturated carbocycles. The number of hydrogen-bond donors (Lipinski definition) is 1. The van der Waals surface area contributed by atoms with Crippen LogP contribution in [-0.2, 0) is 9.53 Å². The summed E-state index contributed by atoms with van der Waals surface area (Å²) in [4.78, 5) is 46.0. The third-order valence-corrected chi connectivity index (χ3v) is 4.83. The second kappa shape index (κ2) is 8.41. The first-order valence-corrected chi connectivity index (χ1v) is 8.44. The standard InChI is InChI=1S/C17H16N2O7S/c1-9-10(2)27-16(15(9)17(22)25-3)18-14(21)8-26-13-5-4-11(7-20)6-12(13)19(23)24/h4-7H,8H2,1-3H3,(H,18,21). The van der Waals surface area contributed by atoms with Gasteiger partial charge in [0, 0.05) is 16.5 Å².